The lowest BCUT2D eigenvalue weighted by Gasteiger charge is -2.10. The number of hydrogen-bond donors (Lipinski definition) is 2. The summed E-state index contributed by atoms with van der Waals surface area (Å²) in [5, 5.41) is 0. The highest BCUT2D eigenvalue weighted by atomic mass is 16.5. The number of anilines is 2. The molecule has 1 aromatic heterocycles. The Kier molecular flexibility index (Phi) is 4.20. The molecule has 3 rings (SSSR count). The van der Waals surface area contributed by atoms with Gasteiger partial charge in [-0.05, 0) is 36.4 Å². The summed E-state index contributed by atoms with van der Waals surface area (Å²) in [6.07, 6.45) is 0. The molecule has 1 heterocycles. The quantitative estimate of drug-likeness (QED) is 0.717. The molecule has 0 bridgehead atoms. The van der Waals surface area contributed by atoms with Crippen LogP contribution in [0, 0.1) is 0 Å². The van der Waals surface area contributed by atoms with Gasteiger partial charge in [0.25, 0.3) is 0 Å². The van der Waals surface area contributed by atoms with E-state index >= 15 is 0 Å². The minimum absolute atomic E-state index is 0.203. The molecule has 0 aliphatic carbocycles. The van der Waals surface area contributed by atoms with Crippen molar-refractivity contribution in [2.24, 2.45) is 0 Å². The number of nitrogens with two attached hydrogens (primary N) is 2. The van der Waals surface area contributed by atoms with Crippen LogP contribution in [0.15, 0.2) is 48.5 Å². The Morgan fingerprint density at radius 1 is 0.708 bits per heavy atom. The fraction of sp³-hybridized carbons (Fsp3) is 0.111. The van der Waals surface area contributed by atoms with Gasteiger partial charge in [-0.1, -0.05) is 12.1 Å². The van der Waals surface area contributed by atoms with E-state index in [1.165, 1.54) is 0 Å². The molecule has 24 heavy (non-hydrogen) atoms. The maximum absolute atomic E-state index is 5.89. The normalized spacial score (nSPS) is 10.4. The second-order valence-electron chi connectivity index (χ2n) is 5.19. The Labute approximate surface area is 140 Å². The predicted octanol–water partition coefficient (Wildman–Crippen LogP) is 2.99. The molecule has 2 aromatic carbocycles. The lowest BCUT2D eigenvalue weighted by atomic mass is 10.1. The van der Waals surface area contributed by atoms with Crippen molar-refractivity contribution >= 4 is 11.6 Å². The first-order valence-corrected chi connectivity index (χ1v) is 7.33. The molecule has 0 fully saturated rings. The van der Waals surface area contributed by atoms with Crippen LogP contribution in [0.2, 0.25) is 0 Å². The van der Waals surface area contributed by atoms with Crippen LogP contribution in [-0.2, 0) is 0 Å². The molecule has 6 heteroatoms. The highest BCUT2D eigenvalue weighted by molar-refractivity contribution is 5.71. The van der Waals surface area contributed by atoms with Crippen molar-refractivity contribution in [3.63, 3.8) is 0 Å². The molecule has 0 aliphatic rings. The fourth-order valence-electron chi connectivity index (χ4n) is 2.41. The van der Waals surface area contributed by atoms with E-state index < -0.39 is 0 Å². The highest BCUT2D eigenvalue weighted by Gasteiger charge is 2.10. The van der Waals surface area contributed by atoms with Crippen molar-refractivity contribution in [3.8, 4) is 34.0 Å². The third-order valence-corrected chi connectivity index (χ3v) is 3.63. The number of hydrogen-bond acceptors (Lipinski definition) is 6. The van der Waals surface area contributed by atoms with Gasteiger partial charge in [-0.15, -0.1) is 0 Å². The summed E-state index contributed by atoms with van der Waals surface area (Å²) in [5.41, 5.74) is 15.5. The molecular weight excluding hydrogens is 304 g/mol. The largest absolute Gasteiger partial charge is 0.493 e. The third-order valence-electron chi connectivity index (χ3n) is 3.63. The Balaban J connectivity index is 2.07. The van der Waals surface area contributed by atoms with Gasteiger partial charge >= 0.3 is 0 Å². The molecule has 0 unspecified atom stereocenters. The van der Waals surface area contributed by atoms with E-state index in [0.717, 1.165) is 16.8 Å². The summed E-state index contributed by atoms with van der Waals surface area (Å²) in [7, 11) is 3.19. The van der Waals surface area contributed by atoms with E-state index in [1.54, 1.807) is 14.2 Å². The van der Waals surface area contributed by atoms with Gasteiger partial charge in [-0.3, -0.25) is 0 Å². The molecule has 3 aromatic rings. The molecule has 0 saturated carbocycles. The summed E-state index contributed by atoms with van der Waals surface area (Å²) < 4.78 is 10.6. The Morgan fingerprint density at radius 2 is 1.29 bits per heavy atom. The zero-order chi connectivity index (χ0) is 17.1. The molecular formula is C18H18N4O2. The maximum Gasteiger partial charge on any atom is 0.221 e. The molecule has 0 spiro atoms. The highest BCUT2D eigenvalue weighted by Crippen LogP contribution is 2.33. The van der Waals surface area contributed by atoms with Gasteiger partial charge in [0.05, 0.1) is 25.6 Å². The summed E-state index contributed by atoms with van der Waals surface area (Å²) in [6, 6.07) is 14.9. The van der Waals surface area contributed by atoms with Crippen LogP contribution in [-0.4, -0.2) is 24.2 Å². The van der Waals surface area contributed by atoms with Gasteiger partial charge in [-0.2, -0.15) is 0 Å². The van der Waals surface area contributed by atoms with E-state index in [1.807, 2.05) is 48.5 Å². The number of rotatable bonds is 4. The fourth-order valence-corrected chi connectivity index (χ4v) is 2.41. The number of nitrogen functional groups attached to an aromatic ring is 2. The Bertz CT molecular complexity index is 863. The molecule has 4 N–H and O–H groups in total. The van der Waals surface area contributed by atoms with Crippen LogP contribution in [0.1, 0.15) is 0 Å². The smallest absolute Gasteiger partial charge is 0.221 e. The SMILES string of the molecule is COc1ccc(-c2cc(-c3ccc(N)cc3)nc(N)n2)cc1OC. The molecule has 6 nitrogen and oxygen atoms in total. The van der Waals surface area contributed by atoms with Crippen LogP contribution < -0.4 is 20.9 Å². The third kappa shape index (κ3) is 3.08. The number of methoxy groups -OCH3 is 2. The second kappa shape index (κ2) is 6.45. The summed E-state index contributed by atoms with van der Waals surface area (Å²) in [4.78, 5) is 8.63. The van der Waals surface area contributed by atoms with Crippen LogP contribution in [0.4, 0.5) is 11.6 Å². The van der Waals surface area contributed by atoms with E-state index in [4.69, 9.17) is 20.9 Å². The minimum Gasteiger partial charge on any atom is -0.493 e. The van der Waals surface area contributed by atoms with Crippen LogP contribution in [0.25, 0.3) is 22.5 Å². The molecule has 0 amide bonds. The first-order chi connectivity index (χ1) is 11.6. The number of aromatic nitrogens is 2. The van der Waals surface area contributed by atoms with E-state index in [9.17, 15) is 0 Å². The molecule has 0 saturated heterocycles. The second-order valence-corrected chi connectivity index (χ2v) is 5.19. The lowest BCUT2D eigenvalue weighted by molar-refractivity contribution is 0.355. The van der Waals surface area contributed by atoms with E-state index in [-0.39, 0.29) is 5.95 Å². The van der Waals surface area contributed by atoms with Gasteiger partial charge in [0.2, 0.25) is 5.95 Å². The first kappa shape index (κ1) is 15.6. The zero-order valence-electron chi connectivity index (χ0n) is 13.5. The molecule has 122 valence electrons. The summed E-state index contributed by atoms with van der Waals surface area (Å²) in [6.45, 7) is 0. The van der Waals surface area contributed by atoms with Gasteiger partial charge in [0.15, 0.2) is 11.5 Å². The average molecular weight is 322 g/mol. The van der Waals surface area contributed by atoms with Crippen molar-refractivity contribution in [2.45, 2.75) is 0 Å². The topological polar surface area (TPSA) is 96.3 Å². The van der Waals surface area contributed by atoms with Crippen molar-refractivity contribution in [1.82, 2.24) is 9.97 Å². The zero-order valence-corrected chi connectivity index (χ0v) is 13.5. The van der Waals surface area contributed by atoms with Crippen LogP contribution in [0.5, 0.6) is 11.5 Å². The maximum atomic E-state index is 5.89. The van der Waals surface area contributed by atoms with Gasteiger partial charge < -0.3 is 20.9 Å². The van der Waals surface area contributed by atoms with E-state index in [2.05, 4.69) is 9.97 Å². The first-order valence-electron chi connectivity index (χ1n) is 7.33. The number of ether oxygens (including phenoxy) is 2. The number of nitrogens with zero attached hydrogens (tertiary/aromatic N) is 2. The van der Waals surface area contributed by atoms with Gasteiger partial charge in [0, 0.05) is 16.8 Å². The molecule has 0 aliphatic heterocycles. The van der Waals surface area contributed by atoms with Crippen molar-refractivity contribution in [2.75, 3.05) is 25.7 Å². The van der Waals surface area contributed by atoms with Gasteiger partial charge in [0.1, 0.15) is 0 Å². The lowest BCUT2D eigenvalue weighted by Crippen LogP contribution is -1.99. The minimum atomic E-state index is 0.203. The Morgan fingerprint density at radius 3 is 1.92 bits per heavy atom. The number of benzene rings is 2. The summed E-state index contributed by atoms with van der Waals surface area (Å²) in [5.74, 6) is 1.48. The predicted molar refractivity (Wildman–Crippen MR) is 94.8 cm³/mol. The van der Waals surface area contributed by atoms with E-state index in [0.29, 0.717) is 22.9 Å². The average Bonchev–Trinajstić information content (AvgIpc) is 2.61. The molecule has 0 atom stereocenters. The van der Waals surface area contributed by atoms with Crippen molar-refractivity contribution in [3.05, 3.63) is 48.5 Å². The van der Waals surface area contributed by atoms with Crippen LogP contribution >= 0.6 is 0 Å². The van der Waals surface area contributed by atoms with Crippen LogP contribution in [0.3, 0.4) is 0 Å². The Hall–Kier alpha value is -3.28. The summed E-state index contributed by atoms with van der Waals surface area (Å²) >= 11 is 0. The monoisotopic (exact) mass is 322 g/mol. The standard InChI is InChI=1S/C18H18N4O2/c1-23-16-8-5-12(9-17(16)24-2)15-10-14(21-18(20)22-15)11-3-6-13(19)7-4-11/h3-10H,19H2,1-2H3,(H2,20,21,22). The molecule has 0 radical (unpaired) electrons. The van der Waals surface area contributed by atoms with Crippen molar-refractivity contribution in [1.29, 1.82) is 0 Å². The van der Waals surface area contributed by atoms with Crippen molar-refractivity contribution < 1.29 is 9.47 Å². The van der Waals surface area contributed by atoms with Gasteiger partial charge in [-0.25, -0.2) is 9.97 Å².